The third kappa shape index (κ3) is 5.53. The van der Waals surface area contributed by atoms with Crippen molar-refractivity contribution in [1.29, 1.82) is 0 Å². The van der Waals surface area contributed by atoms with E-state index in [1.807, 2.05) is 13.8 Å². The molecule has 0 atom stereocenters. The van der Waals surface area contributed by atoms with Gasteiger partial charge in [0.25, 0.3) is 0 Å². The molecule has 0 spiro atoms. The summed E-state index contributed by atoms with van der Waals surface area (Å²) in [5.74, 6) is 0. The van der Waals surface area contributed by atoms with Crippen LogP contribution >= 0.6 is 0 Å². The van der Waals surface area contributed by atoms with Crippen LogP contribution in [-0.2, 0) is 0 Å². The number of aliphatic hydroxyl groups is 1. The summed E-state index contributed by atoms with van der Waals surface area (Å²) in [6, 6.07) is 0. The van der Waals surface area contributed by atoms with Crippen LogP contribution in [0.1, 0.15) is 59.3 Å². The summed E-state index contributed by atoms with van der Waals surface area (Å²) in [5, 5.41) is 13.1. The van der Waals surface area contributed by atoms with Gasteiger partial charge in [-0.1, -0.05) is 26.2 Å². The van der Waals surface area contributed by atoms with Gasteiger partial charge in [-0.2, -0.15) is 0 Å². The van der Waals surface area contributed by atoms with Gasteiger partial charge in [0.05, 0.1) is 5.60 Å². The average Bonchev–Trinajstić information content (AvgIpc) is 2.12. The molecular formula is C13H27NO. The first-order valence-electron chi connectivity index (χ1n) is 6.34. The molecule has 1 aliphatic carbocycles. The molecule has 1 rings (SSSR count). The Balaban J connectivity index is 2.13. The van der Waals surface area contributed by atoms with Gasteiger partial charge in [0, 0.05) is 6.54 Å². The Bertz CT molecular complexity index is 177. The molecule has 0 unspecified atom stereocenters. The lowest BCUT2D eigenvalue weighted by Crippen LogP contribution is -2.36. The highest BCUT2D eigenvalue weighted by molar-refractivity contribution is 4.80. The normalized spacial score (nSPS) is 21.6. The maximum atomic E-state index is 9.58. The topological polar surface area (TPSA) is 32.3 Å². The fraction of sp³-hybridized carbons (Fsp3) is 1.00. The van der Waals surface area contributed by atoms with Gasteiger partial charge in [0.1, 0.15) is 0 Å². The van der Waals surface area contributed by atoms with Crippen LogP contribution in [0, 0.1) is 5.41 Å². The monoisotopic (exact) mass is 213 g/mol. The smallest absolute Gasteiger partial charge is 0.0603 e. The van der Waals surface area contributed by atoms with E-state index in [2.05, 4.69) is 12.2 Å². The van der Waals surface area contributed by atoms with Gasteiger partial charge < -0.3 is 10.4 Å². The molecule has 0 aromatic carbocycles. The van der Waals surface area contributed by atoms with Crippen LogP contribution in [0.2, 0.25) is 0 Å². The second-order valence-electron chi connectivity index (χ2n) is 6.11. The molecule has 2 heteroatoms. The minimum atomic E-state index is -0.527. The Labute approximate surface area is 94.5 Å². The lowest BCUT2D eigenvalue weighted by atomic mass is 9.76. The van der Waals surface area contributed by atoms with E-state index in [1.165, 1.54) is 32.1 Å². The first-order valence-corrected chi connectivity index (χ1v) is 6.34. The van der Waals surface area contributed by atoms with Gasteiger partial charge in [-0.05, 0) is 45.1 Å². The van der Waals surface area contributed by atoms with Gasteiger partial charge in [-0.3, -0.25) is 0 Å². The van der Waals surface area contributed by atoms with Crippen LogP contribution in [-0.4, -0.2) is 23.8 Å². The van der Waals surface area contributed by atoms with Crippen LogP contribution in [0.25, 0.3) is 0 Å². The minimum absolute atomic E-state index is 0.512. The highest BCUT2D eigenvalue weighted by Crippen LogP contribution is 2.34. The summed E-state index contributed by atoms with van der Waals surface area (Å²) >= 11 is 0. The van der Waals surface area contributed by atoms with Gasteiger partial charge in [-0.15, -0.1) is 0 Å². The second-order valence-corrected chi connectivity index (χ2v) is 6.11. The average molecular weight is 213 g/mol. The van der Waals surface area contributed by atoms with Crippen molar-refractivity contribution in [2.45, 2.75) is 64.9 Å². The SMILES string of the molecule is CC(C)(O)CCNCC1(C)CCCCC1. The Morgan fingerprint density at radius 1 is 1.20 bits per heavy atom. The largest absolute Gasteiger partial charge is 0.390 e. The lowest BCUT2D eigenvalue weighted by Gasteiger charge is -2.34. The first kappa shape index (κ1) is 13.0. The quantitative estimate of drug-likeness (QED) is 0.688. The molecule has 1 saturated carbocycles. The van der Waals surface area contributed by atoms with E-state index in [4.69, 9.17) is 0 Å². The molecular weight excluding hydrogens is 186 g/mol. The highest BCUT2D eigenvalue weighted by atomic mass is 16.3. The van der Waals surface area contributed by atoms with E-state index < -0.39 is 5.60 Å². The Morgan fingerprint density at radius 3 is 2.33 bits per heavy atom. The molecule has 0 aromatic rings. The number of hydrogen-bond donors (Lipinski definition) is 2. The zero-order valence-electron chi connectivity index (χ0n) is 10.6. The first-order chi connectivity index (χ1) is 6.91. The van der Waals surface area contributed by atoms with Crippen LogP contribution < -0.4 is 5.32 Å². The van der Waals surface area contributed by atoms with Crippen LogP contribution in [0.5, 0.6) is 0 Å². The lowest BCUT2D eigenvalue weighted by molar-refractivity contribution is 0.0696. The molecule has 1 fully saturated rings. The van der Waals surface area contributed by atoms with E-state index >= 15 is 0 Å². The molecule has 90 valence electrons. The zero-order chi connectivity index (χ0) is 11.4. The van der Waals surface area contributed by atoms with E-state index in [9.17, 15) is 5.11 Å². The van der Waals surface area contributed by atoms with Gasteiger partial charge in [-0.25, -0.2) is 0 Å². The van der Waals surface area contributed by atoms with Crippen molar-refractivity contribution in [3.63, 3.8) is 0 Å². The number of nitrogens with one attached hydrogen (secondary N) is 1. The van der Waals surface area contributed by atoms with Gasteiger partial charge in [0.2, 0.25) is 0 Å². The molecule has 2 nitrogen and oxygen atoms in total. The molecule has 0 aliphatic heterocycles. The van der Waals surface area contributed by atoms with Crippen molar-refractivity contribution < 1.29 is 5.11 Å². The van der Waals surface area contributed by atoms with Crippen molar-refractivity contribution in [3.05, 3.63) is 0 Å². The number of hydrogen-bond acceptors (Lipinski definition) is 2. The van der Waals surface area contributed by atoms with Crippen molar-refractivity contribution >= 4 is 0 Å². The van der Waals surface area contributed by atoms with E-state index in [1.54, 1.807) is 0 Å². The van der Waals surface area contributed by atoms with E-state index in [0.717, 1.165) is 19.5 Å². The molecule has 2 N–H and O–H groups in total. The molecule has 0 heterocycles. The Morgan fingerprint density at radius 2 is 1.80 bits per heavy atom. The summed E-state index contributed by atoms with van der Waals surface area (Å²) in [4.78, 5) is 0. The predicted octanol–water partition coefficient (Wildman–Crippen LogP) is 2.71. The Kier molecular flexibility index (Phi) is 4.60. The Hall–Kier alpha value is -0.0800. The fourth-order valence-corrected chi connectivity index (χ4v) is 2.37. The van der Waals surface area contributed by atoms with Crippen molar-refractivity contribution in [2.24, 2.45) is 5.41 Å². The zero-order valence-corrected chi connectivity index (χ0v) is 10.6. The number of rotatable bonds is 5. The molecule has 0 saturated heterocycles. The van der Waals surface area contributed by atoms with Crippen molar-refractivity contribution in [1.82, 2.24) is 5.32 Å². The van der Waals surface area contributed by atoms with Crippen LogP contribution in [0.15, 0.2) is 0 Å². The minimum Gasteiger partial charge on any atom is -0.390 e. The van der Waals surface area contributed by atoms with Crippen LogP contribution in [0.3, 0.4) is 0 Å². The van der Waals surface area contributed by atoms with Gasteiger partial charge >= 0.3 is 0 Å². The van der Waals surface area contributed by atoms with E-state index in [0.29, 0.717) is 5.41 Å². The maximum Gasteiger partial charge on any atom is 0.0603 e. The highest BCUT2D eigenvalue weighted by Gasteiger charge is 2.26. The van der Waals surface area contributed by atoms with Gasteiger partial charge in [0.15, 0.2) is 0 Å². The predicted molar refractivity (Wildman–Crippen MR) is 65.0 cm³/mol. The molecule has 0 radical (unpaired) electrons. The molecule has 15 heavy (non-hydrogen) atoms. The molecule has 1 aliphatic rings. The standard InChI is InChI=1S/C13H27NO/c1-12(2,15)9-10-14-11-13(3)7-5-4-6-8-13/h14-15H,4-11H2,1-3H3. The molecule has 0 bridgehead atoms. The second kappa shape index (κ2) is 5.31. The molecule has 0 amide bonds. The molecule has 0 aromatic heterocycles. The van der Waals surface area contributed by atoms with E-state index in [-0.39, 0.29) is 0 Å². The van der Waals surface area contributed by atoms with Crippen molar-refractivity contribution in [2.75, 3.05) is 13.1 Å². The van der Waals surface area contributed by atoms with Crippen LogP contribution in [0.4, 0.5) is 0 Å². The summed E-state index contributed by atoms with van der Waals surface area (Å²) in [6.45, 7) is 8.18. The summed E-state index contributed by atoms with van der Waals surface area (Å²) in [6.07, 6.45) is 7.76. The summed E-state index contributed by atoms with van der Waals surface area (Å²) < 4.78 is 0. The maximum absolute atomic E-state index is 9.58. The summed E-state index contributed by atoms with van der Waals surface area (Å²) in [7, 11) is 0. The summed E-state index contributed by atoms with van der Waals surface area (Å²) in [5.41, 5.74) is -0.0156. The third-order valence-electron chi connectivity index (χ3n) is 3.53. The van der Waals surface area contributed by atoms with Crippen molar-refractivity contribution in [3.8, 4) is 0 Å². The third-order valence-corrected chi connectivity index (χ3v) is 3.53. The fourth-order valence-electron chi connectivity index (χ4n) is 2.37.